The minimum absolute atomic E-state index is 0.0522. The monoisotopic (exact) mass is 277 g/mol. The highest BCUT2D eigenvalue weighted by atomic mass is 19.1. The van der Waals surface area contributed by atoms with E-state index in [0.717, 1.165) is 10.7 Å². The maximum Gasteiger partial charge on any atom is 0.343 e. The number of carbonyl (C=O) groups excluding carboxylic acids is 1. The van der Waals surface area contributed by atoms with Gasteiger partial charge in [0.25, 0.3) is 5.56 Å². The van der Waals surface area contributed by atoms with Crippen molar-refractivity contribution in [3.05, 3.63) is 57.8 Å². The van der Waals surface area contributed by atoms with Crippen molar-refractivity contribution in [3.8, 4) is 5.69 Å². The Morgan fingerprint density at radius 3 is 2.80 bits per heavy atom. The number of ether oxygens (including phenoxy) is 1. The molecule has 0 saturated heterocycles. The molecule has 7 heteroatoms. The van der Waals surface area contributed by atoms with Gasteiger partial charge in [-0.3, -0.25) is 4.79 Å². The largest absolute Gasteiger partial charge is 0.465 e. The number of hydrogen-bond donors (Lipinski definition) is 1. The highest BCUT2D eigenvalue weighted by Gasteiger charge is 2.14. The molecule has 0 atom stereocenters. The minimum Gasteiger partial charge on any atom is -0.465 e. The molecule has 104 valence electrons. The van der Waals surface area contributed by atoms with Gasteiger partial charge in [-0.1, -0.05) is 6.07 Å². The average Bonchev–Trinajstić information content (AvgIpc) is 2.46. The zero-order valence-corrected chi connectivity index (χ0v) is 10.7. The van der Waals surface area contributed by atoms with Gasteiger partial charge in [0.15, 0.2) is 0 Å². The van der Waals surface area contributed by atoms with Crippen LogP contribution in [0, 0.1) is 5.82 Å². The summed E-state index contributed by atoms with van der Waals surface area (Å²) in [5, 5.41) is 3.82. The summed E-state index contributed by atoms with van der Waals surface area (Å²) < 4.78 is 19.1. The van der Waals surface area contributed by atoms with Crippen molar-refractivity contribution in [2.45, 2.75) is 6.54 Å². The molecule has 1 aromatic carbocycles. The van der Waals surface area contributed by atoms with E-state index in [1.54, 1.807) is 0 Å². The molecule has 0 unspecified atom stereocenters. The first-order chi connectivity index (χ1) is 9.58. The second-order valence-corrected chi connectivity index (χ2v) is 3.93. The number of nitrogens with zero attached hydrogens (tertiary/aromatic N) is 2. The number of esters is 1. The summed E-state index contributed by atoms with van der Waals surface area (Å²) in [5.74, 6) is -1.31. The van der Waals surface area contributed by atoms with Crippen LogP contribution in [0.2, 0.25) is 0 Å². The SMILES string of the molecule is COC(=O)c1ccnn(-c2ccc(CN)c(F)c2)c1=O. The lowest BCUT2D eigenvalue weighted by molar-refractivity contribution is 0.0598. The quantitative estimate of drug-likeness (QED) is 0.831. The normalized spacial score (nSPS) is 10.3. The molecule has 6 nitrogen and oxygen atoms in total. The Morgan fingerprint density at radius 2 is 2.20 bits per heavy atom. The van der Waals surface area contributed by atoms with E-state index in [9.17, 15) is 14.0 Å². The molecule has 2 aromatic rings. The summed E-state index contributed by atoms with van der Waals surface area (Å²) in [6.45, 7) is 0.0522. The van der Waals surface area contributed by atoms with Gasteiger partial charge in [0.1, 0.15) is 11.4 Å². The maximum absolute atomic E-state index is 13.7. The molecule has 1 aromatic heterocycles. The van der Waals surface area contributed by atoms with Crippen molar-refractivity contribution in [1.82, 2.24) is 9.78 Å². The van der Waals surface area contributed by atoms with Crippen LogP contribution in [-0.2, 0) is 11.3 Å². The Balaban J connectivity index is 2.56. The number of aromatic nitrogens is 2. The van der Waals surface area contributed by atoms with Crippen LogP contribution in [0.1, 0.15) is 15.9 Å². The number of methoxy groups -OCH3 is 1. The highest BCUT2D eigenvalue weighted by molar-refractivity contribution is 5.88. The molecule has 0 saturated carbocycles. The average molecular weight is 277 g/mol. The summed E-state index contributed by atoms with van der Waals surface area (Å²) in [4.78, 5) is 23.5. The molecular weight excluding hydrogens is 265 g/mol. The number of rotatable bonds is 3. The maximum atomic E-state index is 13.7. The second-order valence-electron chi connectivity index (χ2n) is 3.93. The van der Waals surface area contributed by atoms with Gasteiger partial charge in [-0.05, 0) is 12.1 Å². The van der Waals surface area contributed by atoms with Gasteiger partial charge in [-0.15, -0.1) is 0 Å². The van der Waals surface area contributed by atoms with Crippen LogP contribution in [0.15, 0.2) is 35.3 Å². The Bertz CT molecular complexity index is 712. The molecule has 0 fully saturated rings. The minimum atomic E-state index is -0.773. The van der Waals surface area contributed by atoms with Crippen LogP contribution in [0.3, 0.4) is 0 Å². The van der Waals surface area contributed by atoms with E-state index in [4.69, 9.17) is 5.73 Å². The summed E-state index contributed by atoms with van der Waals surface area (Å²) in [7, 11) is 1.17. The summed E-state index contributed by atoms with van der Waals surface area (Å²) in [6, 6.07) is 5.34. The number of halogens is 1. The fourth-order valence-corrected chi connectivity index (χ4v) is 1.70. The second kappa shape index (κ2) is 5.62. The molecule has 2 N–H and O–H groups in total. The van der Waals surface area contributed by atoms with Crippen molar-refractivity contribution in [1.29, 1.82) is 0 Å². The number of nitrogens with two attached hydrogens (primary N) is 1. The topological polar surface area (TPSA) is 87.2 Å². The number of benzene rings is 1. The zero-order chi connectivity index (χ0) is 14.7. The fraction of sp³-hybridized carbons (Fsp3) is 0.154. The molecule has 2 rings (SSSR count). The van der Waals surface area contributed by atoms with Crippen LogP contribution in [-0.4, -0.2) is 22.9 Å². The van der Waals surface area contributed by atoms with Crippen LogP contribution < -0.4 is 11.3 Å². The standard InChI is InChI=1S/C13H12FN3O3/c1-20-13(19)10-4-5-16-17(12(10)18)9-3-2-8(7-15)11(14)6-9/h2-6H,7,15H2,1H3. The van der Waals surface area contributed by atoms with E-state index < -0.39 is 17.3 Å². The molecule has 1 heterocycles. The molecule has 20 heavy (non-hydrogen) atoms. The molecule has 0 spiro atoms. The van der Waals surface area contributed by atoms with E-state index in [-0.39, 0.29) is 17.8 Å². The predicted octanol–water partition coefficient (Wildman–Crippen LogP) is 0.617. The first-order valence-electron chi connectivity index (χ1n) is 5.74. The van der Waals surface area contributed by atoms with Crippen LogP contribution in [0.5, 0.6) is 0 Å². The molecule has 0 aliphatic heterocycles. The van der Waals surface area contributed by atoms with Gasteiger partial charge in [-0.25, -0.2) is 9.18 Å². The van der Waals surface area contributed by atoms with Gasteiger partial charge in [0.05, 0.1) is 12.8 Å². The van der Waals surface area contributed by atoms with E-state index in [0.29, 0.717) is 5.56 Å². The Hall–Kier alpha value is -2.54. The molecule has 0 bridgehead atoms. The van der Waals surface area contributed by atoms with Crippen molar-refractivity contribution in [2.75, 3.05) is 7.11 Å². The third-order valence-corrected chi connectivity index (χ3v) is 2.75. The number of carbonyl (C=O) groups is 1. The van der Waals surface area contributed by atoms with Crippen LogP contribution in [0.25, 0.3) is 5.69 Å². The first-order valence-corrected chi connectivity index (χ1v) is 5.74. The molecule has 0 amide bonds. The van der Waals surface area contributed by atoms with Crippen molar-refractivity contribution in [2.24, 2.45) is 5.73 Å². The molecule has 0 aliphatic carbocycles. The zero-order valence-electron chi connectivity index (χ0n) is 10.7. The molecular formula is C13H12FN3O3. The molecule has 0 radical (unpaired) electrons. The van der Waals surface area contributed by atoms with E-state index in [2.05, 4.69) is 9.84 Å². The van der Waals surface area contributed by atoms with Crippen LogP contribution in [0.4, 0.5) is 4.39 Å². The first kappa shape index (κ1) is 13.9. The van der Waals surface area contributed by atoms with E-state index >= 15 is 0 Å². The van der Waals surface area contributed by atoms with Gasteiger partial charge in [-0.2, -0.15) is 9.78 Å². The Morgan fingerprint density at radius 1 is 1.45 bits per heavy atom. The fourth-order valence-electron chi connectivity index (χ4n) is 1.70. The van der Waals surface area contributed by atoms with Crippen molar-refractivity contribution < 1.29 is 13.9 Å². The van der Waals surface area contributed by atoms with Crippen molar-refractivity contribution in [3.63, 3.8) is 0 Å². The third kappa shape index (κ3) is 2.43. The van der Waals surface area contributed by atoms with Gasteiger partial charge < -0.3 is 10.5 Å². The Labute approximate surface area is 113 Å². The van der Waals surface area contributed by atoms with E-state index in [1.807, 2.05) is 0 Å². The van der Waals surface area contributed by atoms with Crippen LogP contribution >= 0.6 is 0 Å². The van der Waals surface area contributed by atoms with E-state index in [1.165, 1.54) is 31.5 Å². The lowest BCUT2D eigenvalue weighted by atomic mass is 10.2. The highest BCUT2D eigenvalue weighted by Crippen LogP contribution is 2.12. The third-order valence-electron chi connectivity index (χ3n) is 2.75. The summed E-state index contributed by atoms with van der Waals surface area (Å²) in [6.07, 6.45) is 1.27. The van der Waals surface area contributed by atoms with Gasteiger partial charge in [0.2, 0.25) is 0 Å². The van der Waals surface area contributed by atoms with Gasteiger partial charge in [0, 0.05) is 24.4 Å². The Kier molecular flexibility index (Phi) is 3.90. The summed E-state index contributed by atoms with van der Waals surface area (Å²) >= 11 is 0. The lowest BCUT2D eigenvalue weighted by Crippen LogP contribution is -2.27. The van der Waals surface area contributed by atoms with Crippen molar-refractivity contribution >= 4 is 5.97 Å². The summed E-state index contributed by atoms with van der Waals surface area (Å²) in [5.41, 5.74) is 5.04. The number of hydrogen-bond acceptors (Lipinski definition) is 5. The smallest absolute Gasteiger partial charge is 0.343 e. The van der Waals surface area contributed by atoms with Gasteiger partial charge >= 0.3 is 5.97 Å². The lowest BCUT2D eigenvalue weighted by Gasteiger charge is -2.07. The predicted molar refractivity (Wildman–Crippen MR) is 69.0 cm³/mol. The molecule has 0 aliphatic rings.